The van der Waals surface area contributed by atoms with E-state index in [-0.39, 0.29) is 5.69 Å². The molecule has 7 nitrogen and oxygen atoms in total. The second kappa shape index (κ2) is 5.96. The summed E-state index contributed by atoms with van der Waals surface area (Å²) in [5.41, 5.74) is 6.47. The van der Waals surface area contributed by atoms with Crippen LogP contribution in [0.1, 0.15) is 18.9 Å². The van der Waals surface area contributed by atoms with E-state index in [0.29, 0.717) is 29.4 Å². The number of nitrogen functional groups attached to an aromatic ring is 1. The molecule has 7 heteroatoms. The van der Waals surface area contributed by atoms with Gasteiger partial charge in [-0.2, -0.15) is 0 Å². The van der Waals surface area contributed by atoms with Gasteiger partial charge in [0.2, 0.25) is 5.88 Å². The minimum atomic E-state index is -0.478. The van der Waals surface area contributed by atoms with Gasteiger partial charge in [-0.15, -0.1) is 0 Å². The first kappa shape index (κ1) is 13.7. The third kappa shape index (κ3) is 3.00. The first-order chi connectivity index (χ1) is 9.61. The highest BCUT2D eigenvalue weighted by Gasteiger charge is 2.12. The number of nitro groups is 1. The molecule has 0 spiro atoms. The van der Waals surface area contributed by atoms with Crippen molar-refractivity contribution in [3.8, 4) is 11.6 Å². The van der Waals surface area contributed by atoms with Crippen molar-refractivity contribution in [3.05, 3.63) is 46.3 Å². The summed E-state index contributed by atoms with van der Waals surface area (Å²) >= 11 is 0. The molecule has 0 saturated heterocycles. The van der Waals surface area contributed by atoms with Gasteiger partial charge in [-0.3, -0.25) is 10.1 Å². The second-order valence-electron chi connectivity index (χ2n) is 4.15. The average molecular weight is 274 g/mol. The van der Waals surface area contributed by atoms with Crippen LogP contribution < -0.4 is 10.5 Å². The summed E-state index contributed by atoms with van der Waals surface area (Å²) < 4.78 is 5.60. The summed E-state index contributed by atoms with van der Waals surface area (Å²) in [6.07, 6.45) is 2.85. The molecule has 2 N–H and O–H groups in total. The first-order valence-corrected chi connectivity index (χ1v) is 6.13. The van der Waals surface area contributed by atoms with Crippen LogP contribution in [0.25, 0.3) is 0 Å². The topological polar surface area (TPSA) is 104 Å². The Morgan fingerprint density at radius 3 is 2.90 bits per heavy atom. The fraction of sp³-hybridized carbons (Fsp3) is 0.231. The van der Waals surface area contributed by atoms with Crippen LogP contribution in [0.5, 0.6) is 11.6 Å². The molecule has 0 aliphatic carbocycles. The lowest BCUT2D eigenvalue weighted by Crippen LogP contribution is -2.02. The van der Waals surface area contributed by atoms with E-state index >= 15 is 0 Å². The van der Waals surface area contributed by atoms with Gasteiger partial charge in [0.25, 0.3) is 5.69 Å². The fourth-order valence-corrected chi connectivity index (χ4v) is 1.75. The maximum atomic E-state index is 10.7. The summed E-state index contributed by atoms with van der Waals surface area (Å²) in [6, 6.07) is 5.92. The highest BCUT2D eigenvalue weighted by molar-refractivity contribution is 5.47. The van der Waals surface area contributed by atoms with E-state index in [9.17, 15) is 10.1 Å². The normalized spacial score (nSPS) is 10.2. The molecule has 2 rings (SSSR count). The van der Waals surface area contributed by atoms with E-state index in [1.165, 1.54) is 18.5 Å². The molecule has 1 aromatic carbocycles. The van der Waals surface area contributed by atoms with Gasteiger partial charge in [0.15, 0.2) is 0 Å². The van der Waals surface area contributed by atoms with Gasteiger partial charge >= 0.3 is 0 Å². The summed E-state index contributed by atoms with van der Waals surface area (Å²) in [6.45, 7) is 2.00. The zero-order chi connectivity index (χ0) is 14.5. The van der Waals surface area contributed by atoms with E-state index < -0.39 is 4.92 Å². The molecule has 0 aliphatic heterocycles. The maximum absolute atomic E-state index is 10.7. The van der Waals surface area contributed by atoms with Crippen molar-refractivity contribution in [2.45, 2.75) is 19.8 Å². The number of non-ortho nitro benzene ring substituents is 1. The Morgan fingerprint density at radius 1 is 1.40 bits per heavy atom. The zero-order valence-corrected chi connectivity index (χ0v) is 10.9. The molecule has 1 aromatic heterocycles. The summed E-state index contributed by atoms with van der Waals surface area (Å²) in [5.74, 6) is 1.04. The standard InChI is InChI=1S/C13H14N4O3/c1-2-4-11-12(14)15-8-16-13(11)20-10-6-3-5-9(7-10)17(18)19/h3,5-8H,2,4H2,1H3,(H2,14,15,16). The molecular weight excluding hydrogens is 260 g/mol. The number of hydrogen-bond acceptors (Lipinski definition) is 6. The SMILES string of the molecule is CCCc1c(N)ncnc1Oc1cccc([N+](=O)[O-])c1. The molecule has 0 radical (unpaired) electrons. The predicted octanol–water partition coefficient (Wildman–Crippen LogP) is 2.71. The van der Waals surface area contributed by atoms with Gasteiger partial charge < -0.3 is 10.5 Å². The average Bonchev–Trinajstić information content (AvgIpc) is 2.43. The van der Waals surface area contributed by atoms with Crippen molar-refractivity contribution in [3.63, 3.8) is 0 Å². The third-order valence-corrected chi connectivity index (χ3v) is 2.68. The van der Waals surface area contributed by atoms with Crippen molar-refractivity contribution < 1.29 is 9.66 Å². The largest absolute Gasteiger partial charge is 0.438 e. The van der Waals surface area contributed by atoms with E-state index in [1.807, 2.05) is 6.92 Å². The van der Waals surface area contributed by atoms with Gasteiger partial charge in [0.1, 0.15) is 17.9 Å². The zero-order valence-electron chi connectivity index (χ0n) is 10.9. The van der Waals surface area contributed by atoms with Crippen molar-refractivity contribution in [1.82, 2.24) is 9.97 Å². The Bertz CT molecular complexity index is 631. The van der Waals surface area contributed by atoms with E-state index in [4.69, 9.17) is 10.5 Å². The van der Waals surface area contributed by atoms with Crippen molar-refractivity contribution in [2.75, 3.05) is 5.73 Å². The molecule has 0 saturated carbocycles. The quantitative estimate of drug-likeness (QED) is 0.664. The highest BCUT2D eigenvalue weighted by atomic mass is 16.6. The molecular formula is C13H14N4O3. The highest BCUT2D eigenvalue weighted by Crippen LogP contribution is 2.28. The van der Waals surface area contributed by atoms with Crippen LogP contribution in [0.2, 0.25) is 0 Å². The Hall–Kier alpha value is -2.70. The summed E-state index contributed by atoms with van der Waals surface area (Å²) in [7, 11) is 0. The van der Waals surface area contributed by atoms with Gasteiger partial charge in [0, 0.05) is 6.07 Å². The summed E-state index contributed by atoms with van der Waals surface area (Å²) in [5, 5.41) is 10.7. The van der Waals surface area contributed by atoms with E-state index in [1.54, 1.807) is 12.1 Å². The summed E-state index contributed by atoms with van der Waals surface area (Å²) in [4.78, 5) is 18.2. The Labute approximate surface area is 115 Å². The lowest BCUT2D eigenvalue weighted by molar-refractivity contribution is -0.384. The van der Waals surface area contributed by atoms with Crippen LogP contribution in [0.3, 0.4) is 0 Å². The van der Waals surface area contributed by atoms with Crippen molar-refractivity contribution in [2.24, 2.45) is 0 Å². The van der Waals surface area contributed by atoms with Crippen LogP contribution in [0.4, 0.5) is 11.5 Å². The molecule has 1 heterocycles. The van der Waals surface area contributed by atoms with Gasteiger partial charge in [-0.05, 0) is 12.5 Å². The predicted molar refractivity (Wildman–Crippen MR) is 73.6 cm³/mol. The molecule has 0 atom stereocenters. The lowest BCUT2D eigenvalue weighted by Gasteiger charge is -2.10. The van der Waals surface area contributed by atoms with Crippen LogP contribution in [0, 0.1) is 10.1 Å². The molecule has 0 unspecified atom stereocenters. The number of nitro benzene ring substituents is 1. The van der Waals surface area contributed by atoms with Crippen LogP contribution in [-0.4, -0.2) is 14.9 Å². The molecule has 20 heavy (non-hydrogen) atoms. The van der Waals surface area contributed by atoms with Crippen molar-refractivity contribution in [1.29, 1.82) is 0 Å². The Kier molecular flexibility index (Phi) is 4.09. The molecule has 0 aliphatic rings. The number of hydrogen-bond donors (Lipinski definition) is 1. The lowest BCUT2D eigenvalue weighted by atomic mass is 10.2. The number of nitrogens with zero attached hydrogens (tertiary/aromatic N) is 3. The molecule has 0 fully saturated rings. The van der Waals surface area contributed by atoms with Gasteiger partial charge in [0.05, 0.1) is 16.6 Å². The number of aromatic nitrogens is 2. The third-order valence-electron chi connectivity index (χ3n) is 2.68. The monoisotopic (exact) mass is 274 g/mol. The van der Waals surface area contributed by atoms with Crippen molar-refractivity contribution >= 4 is 11.5 Å². The van der Waals surface area contributed by atoms with Crippen LogP contribution in [-0.2, 0) is 6.42 Å². The fourth-order valence-electron chi connectivity index (χ4n) is 1.75. The van der Waals surface area contributed by atoms with Gasteiger partial charge in [-0.1, -0.05) is 19.4 Å². The maximum Gasteiger partial charge on any atom is 0.273 e. The molecule has 0 bridgehead atoms. The molecule has 104 valence electrons. The first-order valence-electron chi connectivity index (χ1n) is 6.13. The second-order valence-corrected chi connectivity index (χ2v) is 4.15. The molecule has 0 amide bonds. The van der Waals surface area contributed by atoms with Crippen LogP contribution >= 0.6 is 0 Å². The minimum Gasteiger partial charge on any atom is -0.438 e. The smallest absolute Gasteiger partial charge is 0.273 e. The van der Waals surface area contributed by atoms with E-state index in [0.717, 1.165) is 6.42 Å². The number of rotatable bonds is 5. The number of ether oxygens (including phenoxy) is 1. The van der Waals surface area contributed by atoms with Crippen LogP contribution in [0.15, 0.2) is 30.6 Å². The molecule has 2 aromatic rings. The minimum absolute atomic E-state index is 0.0402. The van der Waals surface area contributed by atoms with E-state index in [2.05, 4.69) is 9.97 Å². The Morgan fingerprint density at radius 2 is 2.20 bits per heavy atom. The number of anilines is 1. The number of nitrogens with two attached hydrogens (primary N) is 1. The van der Waals surface area contributed by atoms with Gasteiger partial charge in [-0.25, -0.2) is 9.97 Å². The Balaban J connectivity index is 2.32. The number of benzene rings is 1.